The van der Waals surface area contributed by atoms with Crippen molar-refractivity contribution in [3.63, 3.8) is 0 Å². The van der Waals surface area contributed by atoms with E-state index in [0.717, 1.165) is 32.2 Å². The molecule has 2 N–H and O–H groups in total. The highest BCUT2D eigenvalue weighted by molar-refractivity contribution is 5.80. The fraction of sp³-hybridized carbons (Fsp3) is 0.923. The number of carbonyl (C=O) groups excluding carboxylic acids is 1. The van der Waals surface area contributed by atoms with Crippen molar-refractivity contribution in [1.29, 1.82) is 0 Å². The first-order chi connectivity index (χ1) is 8.24. The average molecular weight is 240 g/mol. The van der Waals surface area contributed by atoms with E-state index in [9.17, 15) is 4.79 Å². The third-order valence-corrected chi connectivity index (χ3v) is 4.12. The Kier molecular flexibility index (Phi) is 4.40. The second-order valence-corrected chi connectivity index (χ2v) is 5.22. The first-order valence-corrected chi connectivity index (χ1v) is 6.87. The van der Waals surface area contributed by atoms with E-state index in [4.69, 9.17) is 10.5 Å². The lowest BCUT2D eigenvalue weighted by molar-refractivity contribution is -0.146. The molecule has 0 aromatic rings. The zero-order valence-corrected chi connectivity index (χ0v) is 10.7. The van der Waals surface area contributed by atoms with Crippen LogP contribution >= 0.6 is 0 Å². The van der Waals surface area contributed by atoms with E-state index < -0.39 is 0 Å². The molecule has 1 aliphatic carbocycles. The molecule has 0 aromatic carbocycles. The van der Waals surface area contributed by atoms with Crippen LogP contribution < -0.4 is 5.73 Å². The van der Waals surface area contributed by atoms with Crippen LogP contribution in [0, 0.1) is 5.92 Å². The van der Waals surface area contributed by atoms with E-state index in [-0.39, 0.29) is 23.9 Å². The number of hydrogen-bond donors (Lipinski definition) is 1. The Morgan fingerprint density at radius 2 is 2.18 bits per heavy atom. The molecule has 2 fully saturated rings. The van der Waals surface area contributed by atoms with Crippen LogP contribution in [0.25, 0.3) is 0 Å². The molecule has 2 rings (SSSR count). The maximum absolute atomic E-state index is 12.5. The molecule has 0 radical (unpaired) electrons. The van der Waals surface area contributed by atoms with Gasteiger partial charge in [-0.3, -0.25) is 4.79 Å². The molecule has 4 heteroatoms. The summed E-state index contributed by atoms with van der Waals surface area (Å²) in [6, 6.07) is 0.321. The third kappa shape index (κ3) is 2.80. The highest BCUT2D eigenvalue weighted by Gasteiger charge is 2.35. The van der Waals surface area contributed by atoms with Gasteiger partial charge < -0.3 is 15.4 Å². The van der Waals surface area contributed by atoms with E-state index >= 15 is 0 Å². The summed E-state index contributed by atoms with van der Waals surface area (Å²) in [5.41, 5.74) is 6.09. The monoisotopic (exact) mass is 240 g/mol. The zero-order chi connectivity index (χ0) is 12.3. The summed E-state index contributed by atoms with van der Waals surface area (Å²) in [7, 11) is 0. The van der Waals surface area contributed by atoms with Gasteiger partial charge in [-0.05, 0) is 19.3 Å². The van der Waals surface area contributed by atoms with Gasteiger partial charge in [-0.25, -0.2) is 0 Å². The van der Waals surface area contributed by atoms with Crippen LogP contribution in [0.4, 0.5) is 0 Å². The highest BCUT2D eigenvalue weighted by Crippen LogP contribution is 2.26. The maximum atomic E-state index is 12.5. The Morgan fingerprint density at radius 3 is 2.88 bits per heavy atom. The van der Waals surface area contributed by atoms with E-state index in [0.29, 0.717) is 13.2 Å². The number of nitrogens with zero attached hydrogens (tertiary/aromatic N) is 1. The Hall–Kier alpha value is -0.610. The van der Waals surface area contributed by atoms with Crippen molar-refractivity contribution in [3.8, 4) is 0 Å². The van der Waals surface area contributed by atoms with Gasteiger partial charge in [0.1, 0.15) is 0 Å². The van der Waals surface area contributed by atoms with Crippen LogP contribution in [0.1, 0.15) is 39.0 Å². The molecule has 3 unspecified atom stereocenters. The first-order valence-electron chi connectivity index (χ1n) is 6.87. The van der Waals surface area contributed by atoms with Gasteiger partial charge in [-0.15, -0.1) is 0 Å². The second-order valence-electron chi connectivity index (χ2n) is 5.22. The van der Waals surface area contributed by atoms with Crippen molar-refractivity contribution < 1.29 is 9.53 Å². The van der Waals surface area contributed by atoms with Gasteiger partial charge in [-0.1, -0.05) is 19.8 Å². The quantitative estimate of drug-likeness (QED) is 0.787. The Morgan fingerprint density at radius 1 is 1.41 bits per heavy atom. The lowest BCUT2D eigenvalue weighted by Crippen LogP contribution is -2.53. The van der Waals surface area contributed by atoms with Gasteiger partial charge >= 0.3 is 0 Å². The second kappa shape index (κ2) is 5.83. The number of nitrogens with two attached hydrogens (primary N) is 1. The smallest absolute Gasteiger partial charge is 0.227 e. The lowest BCUT2D eigenvalue weighted by atomic mass is 9.83. The normalized spacial score (nSPS) is 34.7. The van der Waals surface area contributed by atoms with Crippen LogP contribution in [0.2, 0.25) is 0 Å². The molecule has 3 atom stereocenters. The summed E-state index contributed by atoms with van der Waals surface area (Å²) in [5, 5.41) is 0. The van der Waals surface area contributed by atoms with Crippen LogP contribution in [0.3, 0.4) is 0 Å². The van der Waals surface area contributed by atoms with Crippen molar-refractivity contribution in [1.82, 2.24) is 4.90 Å². The summed E-state index contributed by atoms with van der Waals surface area (Å²) in [5.74, 6) is 0.322. The predicted molar refractivity (Wildman–Crippen MR) is 66.5 cm³/mol. The minimum Gasteiger partial charge on any atom is -0.377 e. The summed E-state index contributed by atoms with van der Waals surface area (Å²) in [6.07, 6.45) is 5.25. The minimum atomic E-state index is 0.0518. The summed E-state index contributed by atoms with van der Waals surface area (Å²) < 4.78 is 5.44. The summed E-state index contributed by atoms with van der Waals surface area (Å²) in [4.78, 5) is 14.5. The van der Waals surface area contributed by atoms with Gasteiger partial charge in [0.25, 0.3) is 0 Å². The largest absolute Gasteiger partial charge is 0.377 e. The van der Waals surface area contributed by atoms with Gasteiger partial charge in [0.2, 0.25) is 5.91 Å². The van der Waals surface area contributed by atoms with E-state index in [1.807, 2.05) is 4.90 Å². The van der Waals surface area contributed by atoms with E-state index in [1.54, 1.807) is 0 Å². The number of carbonyl (C=O) groups is 1. The van der Waals surface area contributed by atoms with Crippen LogP contribution in [0.5, 0.6) is 0 Å². The summed E-state index contributed by atoms with van der Waals surface area (Å²) in [6.45, 7) is 4.20. The zero-order valence-electron chi connectivity index (χ0n) is 10.7. The number of amides is 1. The molecule has 1 saturated carbocycles. The topological polar surface area (TPSA) is 55.6 Å². The molecule has 2 aliphatic rings. The number of morpholine rings is 1. The van der Waals surface area contributed by atoms with Crippen molar-refractivity contribution >= 4 is 5.91 Å². The number of rotatable bonds is 2. The molecule has 17 heavy (non-hydrogen) atoms. The van der Waals surface area contributed by atoms with Crippen LogP contribution in [0.15, 0.2) is 0 Å². The van der Waals surface area contributed by atoms with Gasteiger partial charge in [-0.2, -0.15) is 0 Å². The van der Waals surface area contributed by atoms with Crippen LogP contribution in [-0.4, -0.2) is 42.6 Å². The molecule has 98 valence electrons. The molecule has 4 nitrogen and oxygen atoms in total. The van der Waals surface area contributed by atoms with Crippen molar-refractivity contribution in [2.75, 3.05) is 19.8 Å². The fourth-order valence-corrected chi connectivity index (χ4v) is 2.96. The molecule has 0 aromatic heterocycles. The van der Waals surface area contributed by atoms with E-state index in [2.05, 4.69) is 6.92 Å². The number of hydrogen-bond acceptors (Lipinski definition) is 3. The minimum absolute atomic E-state index is 0.0518. The van der Waals surface area contributed by atoms with Crippen molar-refractivity contribution in [2.45, 2.75) is 51.1 Å². The molecule has 1 heterocycles. The summed E-state index contributed by atoms with van der Waals surface area (Å²) >= 11 is 0. The average Bonchev–Trinajstić information content (AvgIpc) is 2.38. The Bertz CT molecular complexity index is 270. The SMILES string of the molecule is CCC1COCCN1C(=O)C1CCCCC1N. The predicted octanol–water partition coefficient (Wildman–Crippen LogP) is 1.14. The van der Waals surface area contributed by atoms with Crippen LogP contribution in [-0.2, 0) is 9.53 Å². The molecule has 0 bridgehead atoms. The third-order valence-electron chi connectivity index (χ3n) is 4.12. The maximum Gasteiger partial charge on any atom is 0.227 e. The molecular weight excluding hydrogens is 216 g/mol. The Balaban J connectivity index is 2.01. The number of ether oxygens (including phenoxy) is 1. The molecule has 1 amide bonds. The molecule has 1 saturated heterocycles. The van der Waals surface area contributed by atoms with Gasteiger partial charge in [0, 0.05) is 12.6 Å². The van der Waals surface area contributed by atoms with Gasteiger partial charge in [0.15, 0.2) is 0 Å². The molecule has 0 spiro atoms. The van der Waals surface area contributed by atoms with Crippen molar-refractivity contribution in [2.24, 2.45) is 11.7 Å². The fourth-order valence-electron chi connectivity index (χ4n) is 2.96. The molecule has 1 aliphatic heterocycles. The van der Waals surface area contributed by atoms with Crippen molar-refractivity contribution in [3.05, 3.63) is 0 Å². The highest BCUT2D eigenvalue weighted by atomic mass is 16.5. The lowest BCUT2D eigenvalue weighted by Gasteiger charge is -2.39. The van der Waals surface area contributed by atoms with E-state index in [1.165, 1.54) is 6.42 Å². The van der Waals surface area contributed by atoms with Gasteiger partial charge in [0.05, 0.1) is 25.2 Å². The molecular formula is C13H24N2O2. The standard InChI is InChI=1S/C13H24N2O2/c1-2-10-9-17-8-7-15(10)13(16)11-5-3-4-6-12(11)14/h10-12H,2-9,14H2,1H3. The first kappa shape index (κ1) is 12.8. The Labute approximate surface area is 103 Å².